The Bertz CT molecular complexity index is 1780. The van der Waals surface area contributed by atoms with Crippen LogP contribution in [0, 0.1) is 23.7 Å². The molecule has 0 aliphatic carbocycles. The van der Waals surface area contributed by atoms with Crippen LogP contribution in [0.2, 0.25) is 0 Å². The van der Waals surface area contributed by atoms with E-state index in [0.29, 0.717) is 25.7 Å². The Balaban J connectivity index is 5.23. The van der Waals surface area contributed by atoms with E-state index in [-0.39, 0.29) is 25.7 Å². The third-order valence-corrected chi connectivity index (χ3v) is 18.6. The van der Waals surface area contributed by atoms with Crippen molar-refractivity contribution in [1.82, 2.24) is 0 Å². The molecule has 0 rings (SSSR count). The van der Waals surface area contributed by atoms with E-state index in [2.05, 4.69) is 55.4 Å². The zero-order chi connectivity index (χ0) is 66.8. The summed E-state index contributed by atoms with van der Waals surface area (Å²) in [6.45, 7) is 14.1. The lowest BCUT2D eigenvalue weighted by molar-refractivity contribution is -0.161. The Kier molecular flexibility index (Phi) is 59.4. The van der Waals surface area contributed by atoms with Gasteiger partial charge in [0.15, 0.2) is 12.2 Å². The van der Waals surface area contributed by atoms with Gasteiger partial charge in [-0.25, -0.2) is 9.13 Å². The first-order valence-electron chi connectivity index (χ1n) is 36.7. The molecule has 0 amide bonds. The standard InChI is InChI=1S/C71H138O17P2/c1-9-64(8)50-42-34-29-30-38-46-54-71(76)88-67(58-82-69(74)52-44-36-27-22-21-25-33-41-49-63(6)7)60-86-90(79,80)84-56-65(72)55-83-89(77,78)85-59-66(87-70(75)53-45-37-28-20-16-18-24-32-40-48-62(4)5)57-81-68(73)51-43-35-26-19-15-13-11-10-12-14-17-23-31-39-47-61(2)3/h61-67,72H,9-60H2,1-8H3,(H,77,78)(H,79,80)/t64?,65?,66-,67-/m1/s1. The van der Waals surface area contributed by atoms with Gasteiger partial charge in [0, 0.05) is 25.7 Å². The van der Waals surface area contributed by atoms with E-state index in [1.807, 2.05) is 0 Å². The van der Waals surface area contributed by atoms with Crippen LogP contribution in [-0.2, 0) is 65.4 Å². The van der Waals surface area contributed by atoms with E-state index in [0.717, 1.165) is 114 Å². The van der Waals surface area contributed by atoms with Gasteiger partial charge in [-0.05, 0) is 49.4 Å². The molecule has 17 nitrogen and oxygen atoms in total. The molecule has 4 unspecified atom stereocenters. The van der Waals surface area contributed by atoms with Crippen LogP contribution in [0.25, 0.3) is 0 Å². The van der Waals surface area contributed by atoms with Gasteiger partial charge in [-0.1, -0.05) is 299 Å². The van der Waals surface area contributed by atoms with Gasteiger partial charge >= 0.3 is 39.5 Å². The molecule has 0 radical (unpaired) electrons. The number of ether oxygens (including phenoxy) is 4. The zero-order valence-electron chi connectivity index (χ0n) is 58.8. The second kappa shape index (κ2) is 60.7. The highest BCUT2D eigenvalue weighted by Crippen LogP contribution is 2.45. The van der Waals surface area contributed by atoms with Crippen molar-refractivity contribution in [3.63, 3.8) is 0 Å². The first-order valence-corrected chi connectivity index (χ1v) is 39.7. The average Bonchev–Trinajstić information content (AvgIpc) is 2.96. The highest BCUT2D eigenvalue weighted by atomic mass is 31.2. The van der Waals surface area contributed by atoms with E-state index in [1.54, 1.807) is 0 Å². The third kappa shape index (κ3) is 63.5. The normalized spacial score (nSPS) is 14.6. The molecule has 6 atom stereocenters. The summed E-state index contributed by atoms with van der Waals surface area (Å²) in [7, 11) is -9.90. The van der Waals surface area contributed by atoms with E-state index in [9.17, 15) is 43.2 Å². The Morgan fingerprint density at radius 2 is 0.533 bits per heavy atom. The molecule has 0 saturated heterocycles. The number of aliphatic hydroxyl groups excluding tert-OH is 1. The molecular weight excluding hydrogens is 1190 g/mol. The smallest absolute Gasteiger partial charge is 0.462 e. The van der Waals surface area contributed by atoms with Crippen molar-refractivity contribution >= 4 is 39.5 Å². The van der Waals surface area contributed by atoms with Crippen molar-refractivity contribution in [2.75, 3.05) is 39.6 Å². The summed E-state index contributed by atoms with van der Waals surface area (Å²) in [5.41, 5.74) is 0. The fourth-order valence-electron chi connectivity index (χ4n) is 10.6. The number of aliphatic hydroxyl groups is 1. The minimum atomic E-state index is -4.95. The number of unbranched alkanes of at least 4 members (excludes halogenated alkanes) is 33. The molecule has 534 valence electrons. The first-order chi connectivity index (χ1) is 43.1. The molecule has 0 bridgehead atoms. The Morgan fingerprint density at radius 3 is 0.789 bits per heavy atom. The van der Waals surface area contributed by atoms with Crippen LogP contribution in [0.3, 0.4) is 0 Å². The van der Waals surface area contributed by atoms with E-state index >= 15 is 0 Å². The van der Waals surface area contributed by atoms with Crippen molar-refractivity contribution in [3.8, 4) is 0 Å². The van der Waals surface area contributed by atoms with Crippen LogP contribution in [0.15, 0.2) is 0 Å². The van der Waals surface area contributed by atoms with Crippen LogP contribution in [-0.4, -0.2) is 96.7 Å². The molecule has 0 fully saturated rings. The molecule has 0 spiro atoms. The predicted molar refractivity (Wildman–Crippen MR) is 363 cm³/mol. The lowest BCUT2D eigenvalue weighted by atomic mass is 10.00. The monoisotopic (exact) mass is 1320 g/mol. The molecule has 0 aromatic heterocycles. The topological polar surface area (TPSA) is 237 Å². The van der Waals surface area contributed by atoms with E-state index in [4.69, 9.17) is 37.0 Å². The van der Waals surface area contributed by atoms with Crippen molar-refractivity contribution in [3.05, 3.63) is 0 Å². The van der Waals surface area contributed by atoms with Gasteiger partial charge < -0.3 is 33.8 Å². The molecule has 0 saturated carbocycles. The molecule has 3 N–H and O–H groups in total. The lowest BCUT2D eigenvalue weighted by Crippen LogP contribution is -2.30. The Morgan fingerprint density at radius 1 is 0.311 bits per heavy atom. The quantitative estimate of drug-likeness (QED) is 0.0222. The number of hydrogen-bond acceptors (Lipinski definition) is 15. The van der Waals surface area contributed by atoms with Crippen LogP contribution in [0.4, 0.5) is 0 Å². The molecule has 90 heavy (non-hydrogen) atoms. The summed E-state index contributed by atoms with van der Waals surface area (Å²) in [5, 5.41) is 10.6. The summed E-state index contributed by atoms with van der Waals surface area (Å²) in [4.78, 5) is 72.5. The molecule has 0 aliphatic rings. The van der Waals surface area contributed by atoms with E-state index < -0.39 is 97.5 Å². The maximum absolute atomic E-state index is 13.0. The average molecular weight is 1330 g/mol. The first kappa shape index (κ1) is 88.1. The lowest BCUT2D eigenvalue weighted by Gasteiger charge is -2.21. The van der Waals surface area contributed by atoms with Crippen LogP contribution in [0.5, 0.6) is 0 Å². The molecule has 0 heterocycles. The number of carbonyl (C=O) groups is 4. The highest BCUT2D eigenvalue weighted by Gasteiger charge is 2.30. The van der Waals surface area contributed by atoms with E-state index in [1.165, 1.54) is 154 Å². The largest absolute Gasteiger partial charge is 0.472 e. The summed E-state index contributed by atoms with van der Waals surface area (Å²) >= 11 is 0. The third-order valence-electron chi connectivity index (χ3n) is 16.7. The molecular formula is C71H138O17P2. The Hall–Kier alpha value is -1.94. The van der Waals surface area contributed by atoms with Gasteiger partial charge in [-0.3, -0.25) is 37.3 Å². The highest BCUT2D eigenvalue weighted by molar-refractivity contribution is 7.47. The van der Waals surface area contributed by atoms with Crippen molar-refractivity contribution < 1.29 is 80.2 Å². The van der Waals surface area contributed by atoms with Crippen LogP contribution >= 0.6 is 15.6 Å². The zero-order valence-corrected chi connectivity index (χ0v) is 60.6. The Labute approximate surface area is 549 Å². The minimum Gasteiger partial charge on any atom is -0.462 e. The van der Waals surface area contributed by atoms with Gasteiger partial charge in [-0.2, -0.15) is 0 Å². The number of esters is 4. The number of phosphoric ester groups is 2. The second-order valence-corrected chi connectivity index (χ2v) is 30.2. The number of carbonyl (C=O) groups excluding carboxylic acids is 4. The van der Waals surface area contributed by atoms with Crippen LogP contribution in [0.1, 0.15) is 351 Å². The van der Waals surface area contributed by atoms with Gasteiger partial charge in [0.05, 0.1) is 26.4 Å². The maximum atomic E-state index is 13.0. The second-order valence-electron chi connectivity index (χ2n) is 27.3. The van der Waals surface area contributed by atoms with Crippen molar-refractivity contribution in [2.24, 2.45) is 23.7 Å². The number of phosphoric acid groups is 2. The van der Waals surface area contributed by atoms with Crippen molar-refractivity contribution in [1.29, 1.82) is 0 Å². The summed E-state index contributed by atoms with van der Waals surface area (Å²) < 4.78 is 68.3. The number of hydrogen-bond donors (Lipinski definition) is 3. The van der Waals surface area contributed by atoms with Gasteiger partial charge in [0.2, 0.25) is 0 Å². The summed E-state index contributed by atoms with van der Waals surface area (Å²) in [6, 6.07) is 0. The fraction of sp³-hybridized carbons (Fsp3) is 0.944. The predicted octanol–water partition coefficient (Wildman–Crippen LogP) is 20.1. The molecule has 0 aromatic rings. The molecule has 19 heteroatoms. The summed E-state index contributed by atoms with van der Waals surface area (Å²) in [5.74, 6) is 0.851. The summed E-state index contributed by atoms with van der Waals surface area (Å²) in [6.07, 6.45) is 43.2. The SMILES string of the molecule is CCC(C)CCCCCCCCC(=O)O[C@H](COC(=O)CCCCCCCCCCC(C)C)COP(=O)(O)OCC(O)COP(=O)(O)OC[C@@H](COC(=O)CCCCCCCCCCCCCCCCC(C)C)OC(=O)CCCCCCCCCCCC(C)C. The number of rotatable bonds is 68. The van der Waals surface area contributed by atoms with Crippen molar-refractivity contribution in [2.45, 2.75) is 369 Å². The van der Waals surface area contributed by atoms with Crippen LogP contribution < -0.4 is 0 Å². The molecule has 0 aliphatic heterocycles. The molecule has 0 aromatic carbocycles. The van der Waals surface area contributed by atoms with Gasteiger partial charge in [-0.15, -0.1) is 0 Å². The van der Waals surface area contributed by atoms with Gasteiger partial charge in [0.25, 0.3) is 0 Å². The fourth-order valence-corrected chi connectivity index (χ4v) is 12.2. The maximum Gasteiger partial charge on any atom is 0.472 e. The minimum absolute atomic E-state index is 0.102. The van der Waals surface area contributed by atoms with Gasteiger partial charge in [0.1, 0.15) is 19.3 Å².